The fourth-order valence-corrected chi connectivity index (χ4v) is 1.85. The molecule has 0 aliphatic heterocycles. The molecule has 0 amide bonds. The molecule has 0 spiro atoms. The van der Waals surface area contributed by atoms with Crippen molar-refractivity contribution in [1.82, 2.24) is 15.0 Å². The molecule has 1 aromatic carbocycles. The summed E-state index contributed by atoms with van der Waals surface area (Å²) in [6.07, 6.45) is -0.0339. The van der Waals surface area contributed by atoms with Gasteiger partial charge in [0.2, 0.25) is 11.9 Å². The molecule has 0 saturated carbocycles. The number of nitrogens with two attached hydrogens (primary N) is 1. The Morgan fingerprint density at radius 3 is 2.38 bits per heavy atom. The number of anilines is 2. The molecule has 1 heterocycles. The van der Waals surface area contributed by atoms with Gasteiger partial charge in [-0.1, -0.05) is 23.7 Å². The van der Waals surface area contributed by atoms with Crippen LogP contribution < -0.4 is 15.8 Å². The maximum Gasteiger partial charge on any atom is 0.323 e. The van der Waals surface area contributed by atoms with Crippen LogP contribution in [-0.2, 0) is 0 Å². The molecule has 1 atom stereocenters. The van der Waals surface area contributed by atoms with E-state index in [9.17, 15) is 0 Å². The molecule has 1 aromatic heterocycles. The Kier molecular flexibility index (Phi) is 4.80. The van der Waals surface area contributed by atoms with Gasteiger partial charge in [0.1, 0.15) is 0 Å². The summed E-state index contributed by atoms with van der Waals surface area (Å²) in [6.45, 7) is 5.78. The van der Waals surface area contributed by atoms with Crippen LogP contribution in [0.2, 0.25) is 5.02 Å². The molecule has 0 bridgehead atoms. The third-order valence-corrected chi connectivity index (χ3v) is 2.94. The molecule has 3 N–H and O–H groups in total. The second-order valence-corrected chi connectivity index (χ2v) is 5.32. The van der Waals surface area contributed by atoms with Gasteiger partial charge in [0.05, 0.1) is 12.1 Å². The second-order valence-electron chi connectivity index (χ2n) is 4.88. The van der Waals surface area contributed by atoms with Crippen LogP contribution in [0.1, 0.15) is 32.4 Å². The molecule has 0 fully saturated rings. The van der Waals surface area contributed by atoms with Crippen LogP contribution in [-0.4, -0.2) is 21.1 Å². The van der Waals surface area contributed by atoms with Gasteiger partial charge in [-0.05, 0) is 38.5 Å². The van der Waals surface area contributed by atoms with Gasteiger partial charge in [-0.25, -0.2) is 0 Å². The van der Waals surface area contributed by atoms with Gasteiger partial charge in [0.15, 0.2) is 0 Å². The number of nitrogen functional groups attached to an aromatic ring is 1. The van der Waals surface area contributed by atoms with E-state index in [4.69, 9.17) is 22.1 Å². The van der Waals surface area contributed by atoms with E-state index >= 15 is 0 Å². The van der Waals surface area contributed by atoms with E-state index in [0.29, 0.717) is 11.0 Å². The monoisotopic (exact) mass is 307 g/mol. The lowest BCUT2D eigenvalue weighted by molar-refractivity contribution is 0.222. The lowest BCUT2D eigenvalue weighted by Crippen LogP contribution is -2.14. The molecule has 21 heavy (non-hydrogen) atoms. The van der Waals surface area contributed by atoms with Crippen molar-refractivity contribution < 1.29 is 4.74 Å². The highest BCUT2D eigenvalue weighted by molar-refractivity contribution is 6.30. The van der Waals surface area contributed by atoms with Crippen LogP contribution in [0.5, 0.6) is 6.01 Å². The summed E-state index contributed by atoms with van der Waals surface area (Å²) in [6, 6.07) is 7.76. The van der Waals surface area contributed by atoms with E-state index < -0.39 is 0 Å². The number of rotatable bonds is 5. The van der Waals surface area contributed by atoms with E-state index in [1.54, 1.807) is 0 Å². The first-order valence-corrected chi connectivity index (χ1v) is 7.02. The fourth-order valence-electron chi connectivity index (χ4n) is 1.73. The van der Waals surface area contributed by atoms with Gasteiger partial charge >= 0.3 is 6.01 Å². The van der Waals surface area contributed by atoms with Gasteiger partial charge in [-0.3, -0.25) is 0 Å². The first kappa shape index (κ1) is 15.3. The minimum Gasteiger partial charge on any atom is -0.461 e. The van der Waals surface area contributed by atoms with Crippen molar-refractivity contribution in [2.75, 3.05) is 11.1 Å². The second kappa shape index (κ2) is 6.58. The molecule has 0 aliphatic rings. The van der Waals surface area contributed by atoms with Crippen LogP contribution >= 0.6 is 11.6 Å². The number of ether oxygens (including phenoxy) is 1. The predicted molar refractivity (Wildman–Crippen MR) is 83.5 cm³/mol. The van der Waals surface area contributed by atoms with Gasteiger partial charge in [0.25, 0.3) is 0 Å². The molecule has 2 aromatic rings. The van der Waals surface area contributed by atoms with Crippen molar-refractivity contribution in [2.24, 2.45) is 0 Å². The maximum absolute atomic E-state index is 5.88. The first-order valence-electron chi connectivity index (χ1n) is 6.64. The van der Waals surface area contributed by atoms with Crippen molar-refractivity contribution >= 4 is 23.5 Å². The average Bonchev–Trinajstić information content (AvgIpc) is 2.37. The van der Waals surface area contributed by atoms with Gasteiger partial charge in [-0.15, -0.1) is 0 Å². The largest absolute Gasteiger partial charge is 0.461 e. The normalized spacial score (nSPS) is 12.2. The Labute approximate surface area is 128 Å². The zero-order chi connectivity index (χ0) is 15.4. The number of hydrogen-bond acceptors (Lipinski definition) is 6. The van der Waals surface area contributed by atoms with Gasteiger partial charge < -0.3 is 15.8 Å². The summed E-state index contributed by atoms with van der Waals surface area (Å²) in [5.41, 5.74) is 6.73. The molecule has 0 radical (unpaired) electrons. The molecule has 7 heteroatoms. The van der Waals surface area contributed by atoms with Crippen LogP contribution in [0.3, 0.4) is 0 Å². The summed E-state index contributed by atoms with van der Waals surface area (Å²) in [4.78, 5) is 12.2. The Morgan fingerprint density at radius 1 is 1.10 bits per heavy atom. The smallest absolute Gasteiger partial charge is 0.323 e. The fraction of sp³-hybridized carbons (Fsp3) is 0.357. The lowest BCUT2D eigenvalue weighted by atomic mass is 10.1. The number of halogens is 1. The standard InChI is InChI=1S/C14H18ClN5O/c1-8(2)21-14-19-12(16)18-13(20-14)17-9(3)10-4-6-11(15)7-5-10/h4-9H,1-3H3,(H3,16,17,18,19,20). The van der Waals surface area contributed by atoms with E-state index in [1.807, 2.05) is 45.0 Å². The minimum absolute atomic E-state index is 0.00373. The van der Waals surface area contributed by atoms with Crippen LogP contribution in [0, 0.1) is 0 Å². The maximum atomic E-state index is 5.88. The highest BCUT2D eigenvalue weighted by Gasteiger charge is 2.11. The molecular formula is C14H18ClN5O. The van der Waals surface area contributed by atoms with Gasteiger partial charge in [-0.2, -0.15) is 15.0 Å². The predicted octanol–water partition coefficient (Wildman–Crippen LogP) is 3.07. The first-order chi connectivity index (χ1) is 9.94. The quantitative estimate of drug-likeness (QED) is 0.883. The Balaban J connectivity index is 2.14. The highest BCUT2D eigenvalue weighted by Crippen LogP contribution is 2.20. The molecule has 2 rings (SSSR count). The van der Waals surface area contributed by atoms with Crippen molar-refractivity contribution in [3.05, 3.63) is 34.9 Å². The Morgan fingerprint density at radius 2 is 1.76 bits per heavy atom. The zero-order valence-electron chi connectivity index (χ0n) is 12.2. The molecular weight excluding hydrogens is 290 g/mol. The van der Waals surface area contributed by atoms with E-state index in [2.05, 4.69) is 20.3 Å². The van der Waals surface area contributed by atoms with Crippen molar-refractivity contribution in [1.29, 1.82) is 0 Å². The van der Waals surface area contributed by atoms with Gasteiger partial charge in [0, 0.05) is 5.02 Å². The van der Waals surface area contributed by atoms with Crippen molar-refractivity contribution in [3.8, 4) is 6.01 Å². The SMILES string of the molecule is CC(C)Oc1nc(N)nc(NC(C)c2ccc(Cl)cc2)n1. The summed E-state index contributed by atoms with van der Waals surface area (Å²) in [5.74, 6) is 0.493. The number of aromatic nitrogens is 3. The van der Waals surface area contributed by atoms with E-state index in [1.165, 1.54) is 0 Å². The summed E-state index contributed by atoms with van der Waals surface area (Å²) in [5, 5.41) is 3.86. The number of benzene rings is 1. The Bertz CT molecular complexity index is 603. The van der Waals surface area contributed by atoms with E-state index in [0.717, 1.165) is 5.56 Å². The summed E-state index contributed by atoms with van der Waals surface area (Å²) < 4.78 is 5.44. The summed E-state index contributed by atoms with van der Waals surface area (Å²) >= 11 is 5.88. The third kappa shape index (κ3) is 4.46. The number of nitrogens with zero attached hydrogens (tertiary/aromatic N) is 3. The number of hydrogen-bond donors (Lipinski definition) is 2. The molecule has 1 unspecified atom stereocenters. The molecule has 0 saturated heterocycles. The molecule has 112 valence electrons. The average molecular weight is 308 g/mol. The molecule has 6 nitrogen and oxygen atoms in total. The third-order valence-electron chi connectivity index (χ3n) is 2.69. The Hall–Kier alpha value is -2.08. The van der Waals surface area contributed by atoms with E-state index in [-0.39, 0.29) is 24.1 Å². The summed E-state index contributed by atoms with van der Waals surface area (Å²) in [7, 11) is 0. The topological polar surface area (TPSA) is 86.0 Å². The van der Waals surface area contributed by atoms with Crippen molar-refractivity contribution in [3.63, 3.8) is 0 Å². The van der Waals surface area contributed by atoms with Crippen LogP contribution in [0.25, 0.3) is 0 Å². The van der Waals surface area contributed by atoms with Crippen molar-refractivity contribution in [2.45, 2.75) is 32.9 Å². The molecule has 0 aliphatic carbocycles. The highest BCUT2D eigenvalue weighted by atomic mass is 35.5. The number of nitrogens with one attached hydrogen (secondary N) is 1. The zero-order valence-corrected chi connectivity index (χ0v) is 12.9. The minimum atomic E-state index is -0.0339. The van der Waals surface area contributed by atoms with Crippen LogP contribution in [0.4, 0.5) is 11.9 Å². The van der Waals surface area contributed by atoms with Crippen LogP contribution in [0.15, 0.2) is 24.3 Å². The lowest BCUT2D eigenvalue weighted by Gasteiger charge is -2.15.